The minimum absolute atomic E-state index is 0.0297. The number of hydrogen-bond donors (Lipinski definition) is 2. The van der Waals surface area contributed by atoms with E-state index in [0.29, 0.717) is 24.3 Å². The molecular weight excluding hydrogens is 387 g/mol. The van der Waals surface area contributed by atoms with E-state index in [4.69, 9.17) is 9.47 Å². The highest BCUT2D eigenvalue weighted by molar-refractivity contribution is 5.77. The van der Waals surface area contributed by atoms with Crippen LogP contribution in [0.25, 0.3) is 11.1 Å². The highest BCUT2D eigenvalue weighted by atomic mass is 19.4. The van der Waals surface area contributed by atoms with Crippen LogP contribution >= 0.6 is 0 Å². The first-order chi connectivity index (χ1) is 13.8. The van der Waals surface area contributed by atoms with Crippen molar-refractivity contribution in [1.29, 1.82) is 0 Å². The number of rotatable bonds is 7. The Balaban J connectivity index is 1.73. The summed E-state index contributed by atoms with van der Waals surface area (Å²) in [5.74, 6) is -0.488. The minimum Gasteiger partial charge on any atom is -0.484 e. The fourth-order valence-corrected chi connectivity index (χ4v) is 3.09. The van der Waals surface area contributed by atoms with Gasteiger partial charge in [-0.25, -0.2) is 0 Å². The van der Waals surface area contributed by atoms with Crippen LogP contribution in [0.1, 0.15) is 24.0 Å². The summed E-state index contributed by atoms with van der Waals surface area (Å²) >= 11 is 0. The van der Waals surface area contributed by atoms with E-state index in [-0.39, 0.29) is 24.0 Å². The summed E-state index contributed by atoms with van der Waals surface area (Å²) in [5.41, 5.74) is 0.496. The van der Waals surface area contributed by atoms with Crippen LogP contribution in [0, 0.1) is 0 Å². The monoisotopic (exact) mass is 409 g/mol. The third-order valence-corrected chi connectivity index (χ3v) is 4.60. The summed E-state index contributed by atoms with van der Waals surface area (Å²) in [4.78, 5) is 12.0. The molecule has 0 spiro atoms. The molecule has 1 heterocycles. The average Bonchev–Trinajstić information content (AvgIpc) is 3.23. The van der Waals surface area contributed by atoms with Gasteiger partial charge in [0.15, 0.2) is 6.61 Å². The van der Waals surface area contributed by atoms with Crippen LogP contribution in [0.5, 0.6) is 5.75 Å². The van der Waals surface area contributed by atoms with E-state index in [1.165, 1.54) is 6.07 Å². The van der Waals surface area contributed by atoms with Crippen molar-refractivity contribution in [3.05, 3.63) is 53.6 Å². The molecule has 1 aliphatic rings. The van der Waals surface area contributed by atoms with Gasteiger partial charge in [0.05, 0.1) is 18.3 Å². The third-order valence-electron chi connectivity index (χ3n) is 4.60. The molecule has 0 radical (unpaired) electrons. The second-order valence-corrected chi connectivity index (χ2v) is 6.83. The van der Waals surface area contributed by atoms with Crippen LogP contribution in [0.15, 0.2) is 42.5 Å². The van der Waals surface area contributed by atoms with Crippen LogP contribution in [-0.4, -0.2) is 36.9 Å². The lowest BCUT2D eigenvalue weighted by atomic mass is 10.0. The van der Waals surface area contributed by atoms with Gasteiger partial charge in [0.25, 0.3) is 5.91 Å². The molecule has 0 saturated carbocycles. The van der Waals surface area contributed by atoms with Crippen molar-refractivity contribution in [2.45, 2.75) is 31.7 Å². The van der Waals surface area contributed by atoms with Gasteiger partial charge >= 0.3 is 6.18 Å². The van der Waals surface area contributed by atoms with Crippen LogP contribution < -0.4 is 10.1 Å². The second kappa shape index (κ2) is 9.28. The number of alkyl halides is 3. The molecule has 1 amide bonds. The van der Waals surface area contributed by atoms with Gasteiger partial charge in [-0.3, -0.25) is 4.79 Å². The fraction of sp³-hybridized carbons (Fsp3) is 0.381. The van der Waals surface area contributed by atoms with Crippen molar-refractivity contribution in [1.82, 2.24) is 5.32 Å². The molecule has 29 heavy (non-hydrogen) atoms. The molecule has 1 fully saturated rings. The van der Waals surface area contributed by atoms with Crippen molar-refractivity contribution in [2.24, 2.45) is 0 Å². The molecule has 8 heteroatoms. The van der Waals surface area contributed by atoms with Crippen LogP contribution in [-0.2, 0) is 22.3 Å². The van der Waals surface area contributed by atoms with E-state index in [1.807, 2.05) is 0 Å². The lowest BCUT2D eigenvalue weighted by Gasteiger charge is -2.14. The Labute approximate surface area is 166 Å². The number of benzene rings is 2. The molecule has 1 saturated heterocycles. The Kier molecular flexibility index (Phi) is 6.76. The molecule has 2 aromatic carbocycles. The summed E-state index contributed by atoms with van der Waals surface area (Å²) in [5, 5.41) is 11.9. The van der Waals surface area contributed by atoms with Crippen molar-refractivity contribution in [3.63, 3.8) is 0 Å². The predicted molar refractivity (Wildman–Crippen MR) is 100 cm³/mol. The Hall–Kier alpha value is -2.58. The van der Waals surface area contributed by atoms with E-state index in [1.54, 1.807) is 24.3 Å². The van der Waals surface area contributed by atoms with E-state index in [0.717, 1.165) is 25.0 Å². The lowest BCUT2D eigenvalue weighted by Crippen LogP contribution is -2.35. The molecule has 1 atom stereocenters. The molecule has 3 rings (SSSR count). The van der Waals surface area contributed by atoms with Gasteiger partial charge in [0.1, 0.15) is 5.75 Å². The zero-order valence-corrected chi connectivity index (χ0v) is 15.7. The van der Waals surface area contributed by atoms with Gasteiger partial charge < -0.3 is 19.9 Å². The molecule has 0 bridgehead atoms. The van der Waals surface area contributed by atoms with Crippen molar-refractivity contribution < 1.29 is 32.5 Å². The first-order valence-electron chi connectivity index (χ1n) is 9.29. The summed E-state index contributed by atoms with van der Waals surface area (Å²) in [6, 6.07) is 9.90. The SMILES string of the molecule is O=C(COc1cc(-c2cccc(CO)c2)cc(C(F)(F)F)c1)NCC1CCCO1. The molecular formula is C21H22F3NO4. The lowest BCUT2D eigenvalue weighted by molar-refractivity contribution is -0.137. The Bertz CT molecular complexity index is 848. The molecule has 5 nitrogen and oxygen atoms in total. The van der Waals surface area contributed by atoms with Crippen molar-refractivity contribution >= 4 is 5.91 Å². The Morgan fingerprint density at radius 1 is 1.21 bits per heavy atom. The number of halogens is 3. The number of ether oxygens (including phenoxy) is 2. The quantitative estimate of drug-likeness (QED) is 0.734. The van der Waals surface area contributed by atoms with E-state index in [2.05, 4.69) is 5.32 Å². The highest BCUT2D eigenvalue weighted by Crippen LogP contribution is 2.35. The van der Waals surface area contributed by atoms with Gasteiger partial charge in [-0.2, -0.15) is 13.2 Å². The number of aliphatic hydroxyl groups excluding tert-OH is 1. The minimum atomic E-state index is -4.56. The maximum absolute atomic E-state index is 13.3. The topological polar surface area (TPSA) is 67.8 Å². The molecule has 1 aliphatic heterocycles. The van der Waals surface area contributed by atoms with E-state index >= 15 is 0 Å². The zero-order valence-electron chi connectivity index (χ0n) is 15.7. The second-order valence-electron chi connectivity index (χ2n) is 6.83. The summed E-state index contributed by atoms with van der Waals surface area (Å²) in [6.07, 6.45) is -2.78. The number of carbonyl (C=O) groups excluding carboxylic acids is 1. The standard InChI is InChI=1S/C21H22F3NO4/c22-21(23,24)17-8-16(15-4-1-3-14(7-15)12-26)9-19(10-17)29-13-20(27)25-11-18-5-2-6-28-18/h1,3-4,7-10,18,26H,2,5-6,11-13H2,(H,25,27). The first-order valence-corrected chi connectivity index (χ1v) is 9.29. The average molecular weight is 409 g/mol. The number of amides is 1. The normalized spacial score (nSPS) is 16.6. The van der Waals surface area contributed by atoms with Crippen LogP contribution in [0.3, 0.4) is 0 Å². The van der Waals surface area contributed by atoms with Crippen LogP contribution in [0.4, 0.5) is 13.2 Å². The molecule has 1 unspecified atom stereocenters. The number of hydrogen-bond acceptors (Lipinski definition) is 4. The van der Waals surface area contributed by atoms with Gasteiger partial charge in [0.2, 0.25) is 0 Å². The maximum Gasteiger partial charge on any atom is 0.416 e. The van der Waals surface area contributed by atoms with Gasteiger partial charge in [-0.15, -0.1) is 0 Å². The van der Waals surface area contributed by atoms with Crippen molar-refractivity contribution in [2.75, 3.05) is 19.8 Å². The molecule has 2 aromatic rings. The van der Waals surface area contributed by atoms with Gasteiger partial charge in [-0.05, 0) is 53.8 Å². The predicted octanol–water partition coefficient (Wildman–Crippen LogP) is 3.54. The molecule has 156 valence electrons. The van der Waals surface area contributed by atoms with Crippen molar-refractivity contribution in [3.8, 4) is 16.9 Å². The Morgan fingerprint density at radius 3 is 2.72 bits per heavy atom. The number of carbonyl (C=O) groups is 1. The molecule has 2 N–H and O–H groups in total. The summed E-state index contributed by atoms with van der Waals surface area (Å²) in [6.45, 7) is 0.400. The fourth-order valence-electron chi connectivity index (χ4n) is 3.09. The third kappa shape index (κ3) is 5.95. The number of nitrogens with one attached hydrogen (secondary N) is 1. The number of aliphatic hydroxyl groups is 1. The largest absolute Gasteiger partial charge is 0.484 e. The zero-order chi connectivity index (χ0) is 20.9. The first kappa shape index (κ1) is 21.1. The van der Waals surface area contributed by atoms with E-state index < -0.39 is 24.3 Å². The van der Waals surface area contributed by atoms with E-state index in [9.17, 15) is 23.1 Å². The summed E-state index contributed by atoms with van der Waals surface area (Å²) in [7, 11) is 0. The summed E-state index contributed by atoms with van der Waals surface area (Å²) < 4.78 is 50.7. The van der Waals surface area contributed by atoms with Crippen LogP contribution in [0.2, 0.25) is 0 Å². The highest BCUT2D eigenvalue weighted by Gasteiger charge is 2.31. The van der Waals surface area contributed by atoms with Gasteiger partial charge in [0, 0.05) is 13.2 Å². The van der Waals surface area contributed by atoms with Gasteiger partial charge in [-0.1, -0.05) is 18.2 Å². The molecule has 0 aromatic heterocycles. The molecule has 0 aliphatic carbocycles. The Morgan fingerprint density at radius 2 is 2.03 bits per heavy atom. The maximum atomic E-state index is 13.3. The smallest absolute Gasteiger partial charge is 0.416 e.